The van der Waals surface area contributed by atoms with Gasteiger partial charge in [0.05, 0.1) is 11.6 Å². The van der Waals surface area contributed by atoms with Gasteiger partial charge in [0.15, 0.2) is 0 Å². The van der Waals surface area contributed by atoms with Crippen LogP contribution in [0.2, 0.25) is 0 Å². The van der Waals surface area contributed by atoms with Crippen molar-refractivity contribution in [3.63, 3.8) is 0 Å². The lowest BCUT2D eigenvalue weighted by Crippen LogP contribution is -2.37. The van der Waals surface area contributed by atoms with Gasteiger partial charge in [-0.1, -0.05) is 31.5 Å². The normalized spacial score (nSPS) is 23.5. The zero-order chi connectivity index (χ0) is 15.1. The van der Waals surface area contributed by atoms with E-state index in [1.54, 1.807) is 0 Å². The van der Waals surface area contributed by atoms with Crippen LogP contribution in [0, 0.1) is 17.2 Å². The van der Waals surface area contributed by atoms with E-state index in [-0.39, 0.29) is 0 Å². The first-order chi connectivity index (χ1) is 10.3. The molecule has 1 aromatic carbocycles. The van der Waals surface area contributed by atoms with Crippen LogP contribution < -0.4 is 5.32 Å². The van der Waals surface area contributed by atoms with Crippen LogP contribution in [0.5, 0.6) is 0 Å². The van der Waals surface area contributed by atoms with Gasteiger partial charge >= 0.3 is 0 Å². The van der Waals surface area contributed by atoms with Gasteiger partial charge in [-0.05, 0) is 63.5 Å². The first-order valence-electron chi connectivity index (χ1n) is 8.19. The van der Waals surface area contributed by atoms with Gasteiger partial charge in [0.25, 0.3) is 0 Å². The second-order valence-corrected chi connectivity index (χ2v) is 5.99. The number of nitrogens with one attached hydrogen (secondary N) is 1. The van der Waals surface area contributed by atoms with Crippen LogP contribution in [0.4, 0.5) is 0 Å². The quantitative estimate of drug-likeness (QED) is 0.902. The Bertz CT molecular complexity index is 462. The van der Waals surface area contributed by atoms with Gasteiger partial charge in [-0.2, -0.15) is 5.26 Å². The third kappa shape index (κ3) is 3.84. The molecular weight excluding hydrogens is 258 g/mol. The molecule has 114 valence electrons. The van der Waals surface area contributed by atoms with E-state index in [2.05, 4.69) is 35.3 Å². The summed E-state index contributed by atoms with van der Waals surface area (Å²) in [4.78, 5) is 2.60. The second kappa shape index (κ2) is 8.17. The minimum atomic E-state index is 0.371. The van der Waals surface area contributed by atoms with Crippen molar-refractivity contribution in [2.24, 2.45) is 5.92 Å². The molecule has 0 aliphatic carbocycles. The maximum Gasteiger partial charge on any atom is 0.0995 e. The first kappa shape index (κ1) is 16.0. The molecule has 1 aliphatic heterocycles. The van der Waals surface area contributed by atoms with Crippen LogP contribution in [0.25, 0.3) is 0 Å². The lowest BCUT2D eigenvalue weighted by atomic mass is 9.86. The molecule has 1 heterocycles. The van der Waals surface area contributed by atoms with Gasteiger partial charge in [0, 0.05) is 6.04 Å². The highest BCUT2D eigenvalue weighted by atomic mass is 15.2. The molecule has 1 fully saturated rings. The van der Waals surface area contributed by atoms with E-state index >= 15 is 0 Å². The van der Waals surface area contributed by atoms with E-state index in [1.807, 2.05) is 19.2 Å². The predicted molar refractivity (Wildman–Crippen MR) is 87.0 cm³/mol. The Morgan fingerprint density at radius 3 is 2.86 bits per heavy atom. The third-order valence-corrected chi connectivity index (χ3v) is 4.49. The van der Waals surface area contributed by atoms with Gasteiger partial charge in [-0.25, -0.2) is 0 Å². The smallest absolute Gasteiger partial charge is 0.0995 e. The Labute approximate surface area is 129 Å². The average molecular weight is 285 g/mol. The van der Waals surface area contributed by atoms with Crippen LogP contribution in [-0.2, 0) is 0 Å². The number of rotatable bonds is 5. The van der Waals surface area contributed by atoms with E-state index in [9.17, 15) is 5.26 Å². The maximum absolute atomic E-state index is 9.47. The molecule has 1 N–H and O–H groups in total. The highest BCUT2D eigenvalue weighted by molar-refractivity contribution is 5.40. The van der Waals surface area contributed by atoms with Gasteiger partial charge in [0.2, 0.25) is 0 Å². The fraction of sp³-hybridized carbons (Fsp3) is 0.611. The van der Waals surface area contributed by atoms with Crippen molar-refractivity contribution in [3.05, 3.63) is 35.4 Å². The summed E-state index contributed by atoms with van der Waals surface area (Å²) in [6, 6.07) is 10.9. The van der Waals surface area contributed by atoms with Crippen LogP contribution in [-0.4, -0.2) is 31.6 Å². The molecule has 2 atom stereocenters. The number of likely N-dealkylation sites (tertiary alicyclic amines) is 1. The summed E-state index contributed by atoms with van der Waals surface area (Å²) >= 11 is 0. The molecule has 1 saturated heterocycles. The molecule has 3 heteroatoms. The molecule has 1 aromatic rings. The van der Waals surface area contributed by atoms with Crippen LogP contribution in [0.15, 0.2) is 24.3 Å². The van der Waals surface area contributed by atoms with Crippen molar-refractivity contribution in [1.82, 2.24) is 10.2 Å². The Hall–Kier alpha value is -1.37. The van der Waals surface area contributed by atoms with E-state index < -0.39 is 0 Å². The molecule has 0 bridgehead atoms. The molecule has 0 radical (unpaired) electrons. The fourth-order valence-corrected chi connectivity index (χ4v) is 3.64. The number of nitriles is 1. The van der Waals surface area contributed by atoms with Crippen molar-refractivity contribution in [1.29, 1.82) is 5.26 Å². The van der Waals surface area contributed by atoms with E-state index in [0.29, 0.717) is 12.0 Å². The minimum Gasteiger partial charge on any atom is -0.319 e. The molecule has 0 aromatic heterocycles. The summed E-state index contributed by atoms with van der Waals surface area (Å²) in [5.74, 6) is 0.582. The minimum absolute atomic E-state index is 0.371. The Kier molecular flexibility index (Phi) is 6.22. The number of benzene rings is 1. The summed E-state index contributed by atoms with van der Waals surface area (Å²) in [6.07, 6.45) is 4.96. The summed E-state index contributed by atoms with van der Waals surface area (Å²) in [5, 5.41) is 12.8. The summed E-state index contributed by atoms with van der Waals surface area (Å²) < 4.78 is 0. The largest absolute Gasteiger partial charge is 0.319 e. The Balaban J connectivity index is 2.40. The molecular formula is C18H27N3. The number of hydrogen-bond acceptors (Lipinski definition) is 3. The van der Waals surface area contributed by atoms with Gasteiger partial charge in [0.1, 0.15) is 0 Å². The number of hydrogen-bond donors (Lipinski definition) is 1. The molecule has 0 amide bonds. The van der Waals surface area contributed by atoms with Crippen molar-refractivity contribution in [3.8, 4) is 6.07 Å². The summed E-state index contributed by atoms with van der Waals surface area (Å²) in [6.45, 7) is 5.53. The molecule has 2 unspecified atom stereocenters. The molecule has 0 saturated carbocycles. The fourth-order valence-electron chi connectivity index (χ4n) is 3.64. The van der Waals surface area contributed by atoms with Crippen molar-refractivity contribution >= 4 is 0 Å². The van der Waals surface area contributed by atoms with Crippen molar-refractivity contribution in [2.45, 2.75) is 38.6 Å². The lowest BCUT2D eigenvalue weighted by Gasteiger charge is -2.36. The maximum atomic E-state index is 9.47. The van der Waals surface area contributed by atoms with E-state index in [0.717, 1.165) is 31.6 Å². The molecule has 21 heavy (non-hydrogen) atoms. The first-order valence-corrected chi connectivity index (χ1v) is 8.19. The second-order valence-electron chi connectivity index (χ2n) is 5.99. The van der Waals surface area contributed by atoms with Crippen LogP contribution in [0.1, 0.15) is 49.8 Å². The topological polar surface area (TPSA) is 39.1 Å². The zero-order valence-electron chi connectivity index (χ0n) is 13.3. The molecule has 0 spiro atoms. The third-order valence-electron chi connectivity index (χ3n) is 4.49. The monoisotopic (exact) mass is 285 g/mol. The highest BCUT2D eigenvalue weighted by Gasteiger charge is 2.31. The van der Waals surface area contributed by atoms with Gasteiger partial charge < -0.3 is 5.32 Å². The lowest BCUT2D eigenvalue weighted by molar-refractivity contribution is 0.154. The molecule has 3 nitrogen and oxygen atoms in total. The van der Waals surface area contributed by atoms with Gasteiger partial charge in [-0.3, -0.25) is 4.90 Å². The van der Waals surface area contributed by atoms with Crippen LogP contribution >= 0.6 is 0 Å². The summed E-state index contributed by atoms with van der Waals surface area (Å²) in [7, 11) is 2.03. The molecule has 1 aliphatic rings. The Morgan fingerprint density at radius 2 is 2.14 bits per heavy atom. The van der Waals surface area contributed by atoms with Crippen molar-refractivity contribution in [2.75, 3.05) is 26.7 Å². The zero-order valence-corrected chi connectivity index (χ0v) is 13.3. The van der Waals surface area contributed by atoms with E-state index in [4.69, 9.17) is 0 Å². The number of nitrogens with zero attached hydrogens (tertiary/aromatic N) is 2. The van der Waals surface area contributed by atoms with Crippen molar-refractivity contribution < 1.29 is 0 Å². The SMILES string of the molecule is CCCN1CCCCC(CNC)C1c1ccccc1C#N. The predicted octanol–water partition coefficient (Wildman–Crippen LogP) is 3.33. The highest BCUT2D eigenvalue weighted by Crippen LogP contribution is 2.36. The van der Waals surface area contributed by atoms with Crippen LogP contribution in [0.3, 0.4) is 0 Å². The Morgan fingerprint density at radius 1 is 1.33 bits per heavy atom. The average Bonchev–Trinajstić information content (AvgIpc) is 2.70. The molecule has 2 rings (SSSR count). The summed E-state index contributed by atoms with van der Waals surface area (Å²) in [5.41, 5.74) is 2.06. The standard InChI is InChI=1S/C18H27N3/c1-3-11-21-12-7-6-9-16(14-20-2)18(21)17-10-5-4-8-15(17)13-19/h4-5,8,10,16,18,20H,3,6-7,9,11-12,14H2,1-2H3. The van der Waals surface area contributed by atoms with E-state index in [1.165, 1.54) is 24.8 Å². The van der Waals surface area contributed by atoms with Gasteiger partial charge in [-0.15, -0.1) is 0 Å².